The summed E-state index contributed by atoms with van der Waals surface area (Å²) in [6, 6.07) is 15.4. The van der Waals surface area contributed by atoms with Crippen LogP contribution in [0.15, 0.2) is 53.0 Å². The van der Waals surface area contributed by atoms with Gasteiger partial charge in [-0.05, 0) is 52.5 Å². The molecule has 2 aromatic rings. The molecule has 0 aliphatic heterocycles. The van der Waals surface area contributed by atoms with Crippen molar-refractivity contribution in [2.75, 3.05) is 11.9 Å². The van der Waals surface area contributed by atoms with E-state index in [4.69, 9.17) is 5.73 Å². The Morgan fingerprint density at radius 2 is 1.90 bits per heavy atom. The minimum atomic E-state index is -0.260. The lowest BCUT2D eigenvalue weighted by molar-refractivity contribution is 0.620. The molecule has 0 bridgehead atoms. The van der Waals surface area contributed by atoms with Crippen molar-refractivity contribution in [2.24, 2.45) is 5.73 Å². The van der Waals surface area contributed by atoms with E-state index in [0.717, 1.165) is 18.5 Å². The molecule has 0 aliphatic carbocycles. The van der Waals surface area contributed by atoms with Gasteiger partial charge >= 0.3 is 0 Å². The molecule has 20 heavy (non-hydrogen) atoms. The number of benzene rings is 2. The predicted molar refractivity (Wildman–Crippen MR) is 85.3 cm³/mol. The molecule has 1 unspecified atom stereocenters. The first kappa shape index (κ1) is 15.0. The molecule has 1 atom stereocenters. The van der Waals surface area contributed by atoms with Gasteiger partial charge in [-0.25, -0.2) is 4.39 Å². The summed E-state index contributed by atoms with van der Waals surface area (Å²) in [5, 5.41) is 3.35. The van der Waals surface area contributed by atoms with Crippen molar-refractivity contribution < 1.29 is 4.39 Å². The average Bonchev–Trinajstić information content (AvgIpc) is 2.48. The lowest BCUT2D eigenvalue weighted by atomic mass is 10.1. The maximum Gasteiger partial charge on any atom is 0.137 e. The molecule has 0 radical (unpaired) electrons. The van der Waals surface area contributed by atoms with E-state index in [1.807, 2.05) is 18.2 Å². The quantitative estimate of drug-likeness (QED) is 0.837. The molecule has 0 fully saturated rings. The molecule has 0 aromatic heterocycles. The van der Waals surface area contributed by atoms with Crippen molar-refractivity contribution in [3.05, 3.63) is 64.4 Å². The highest BCUT2D eigenvalue weighted by atomic mass is 79.9. The fourth-order valence-electron chi connectivity index (χ4n) is 2.06. The van der Waals surface area contributed by atoms with Gasteiger partial charge in [0.15, 0.2) is 0 Å². The first-order valence-electron chi connectivity index (χ1n) is 6.64. The van der Waals surface area contributed by atoms with Gasteiger partial charge in [0, 0.05) is 18.3 Å². The number of hydrogen-bond acceptors (Lipinski definition) is 2. The van der Waals surface area contributed by atoms with Crippen molar-refractivity contribution in [3.8, 4) is 0 Å². The molecule has 106 valence electrons. The smallest absolute Gasteiger partial charge is 0.137 e. The minimum Gasteiger partial charge on any atom is -0.381 e. The molecule has 0 saturated heterocycles. The fraction of sp³-hybridized carbons (Fsp3) is 0.250. The molecule has 2 aromatic carbocycles. The average molecular weight is 337 g/mol. The van der Waals surface area contributed by atoms with E-state index in [1.54, 1.807) is 12.1 Å². The number of aryl methyl sites for hydroxylation is 1. The summed E-state index contributed by atoms with van der Waals surface area (Å²) < 4.78 is 13.6. The molecule has 3 N–H and O–H groups in total. The van der Waals surface area contributed by atoms with Gasteiger partial charge in [0.2, 0.25) is 0 Å². The van der Waals surface area contributed by atoms with Crippen LogP contribution in [0.5, 0.6) is 0 Å². The Balaban J connectivity index is 1.93. The van der Waals surface area contributed by atoms with E-state index in [1.165, 1.54) is 11.6 Å². The SMILES string of the molecule is NCC(CCc1ccccc1)Nc1ccc(F)c(Br)c1. The van der Waals surface area contributed by atoms with Gasteiger partial charge in [0.05, 0.1) is 4.47 Å². The predicted octanol–water partition coefficient (Wildman–Crippen LogP) is 3.96. The molecule has 4 heteroatoms. The van der Waals surface area contributed by atoms with Crippen LogP contribution in [0.2, 0.25) is 0 Å². The second-order valence-corrected chi connectivity index (χ2v) is 5.58. The Kier molecular flexibility index (Phi) is 5.56. The standard InChI is InChI=1S/C16H18BrFN2/c17-15-10-13(8-9-16(15)18)20-14(11-19)7-6-12-4-2-1-3-5-12/h1-5,8-10,14,20H,6-7,11,19H2. The molecular formula is C16H18BrFN2. The highest BCUT2D eigenvalue weighted by Gasteiger charge is 2.08. The van der Waals surface area contributed by atoms with Crippen molar-refractivity contribution in [1.82, 2.24) is 0 Å². The van der Waals surface area contributed by atoms with Gasteiger partial charge in [-0.3, -0.25) is 0 Å². The Bertz CT molecular complexity index is 545. The first-order chi connectivity index (χ1) is 9.69. The van der Waals surface area contributed by atoms with E-state index in [0.29, 0.717) is 11.0 Å². The Hall–Kier alpha value is -1.39. The minimum absolute atomic E-state index is 0.174. The molecule has 2 nitrogen and oxygen atoms in total. The van der Waals surface area contributed by atoms with Gasteiger partial charge in [-0.1, -0.05) is 30.3 Å². The zero-order chi connectivity index (χ0) is 14.4. The van der Waals surface area contributed by atoms with Crippen LogP contribution in [0.25, 0.3) is 0 Å². The normalized spacial score (nSPS) is 12.2. The lowest BCUT2D eigenvalue weighted by Crippen LogP contribution is -2.29. The van der Waals surface area contributed by atoms with Crippen molar-refractivity contribution in [1.29, 1.82) is 0 Å². The molecule has 0 saturated carbocycles. The number of nitrogens with one attached hydrogen (secondary N) is 1. The summed E-state index contributed by atoms with van der Waals surface area (Å²) in [5.74, 6) is -0.260. The van der Waals surface area contributed by atoms with Crippen LogP contribution >= 0.6 is 15.9 Å². The maximum atomic E-state index is 13.2. The molecule has 2 rings (SSSR count). The monoisotopic (exact) mass is 336 g/mol. The number of rotatable bonds is 6. The van der Waals surface area contributed by atoms with Gasteiger partial charge in [0.1, 0.15) is 5.82 Å². The van der Waals surface area contributed by atoms with E-state index < -0.39 is 0 Å². The second-order valence-electron chi connectivity index (χ2n) is 4.73. The van der Waals surface area contributed by atoms with Gasteiger partial charge in [-0.15, -0.1) is 0 Å². The van der Waals surface area contributed by atoms with E-state index in [-0.39, 0.29) is 11.9 Å². The molecule has 0 amide bonds. The third-order valence-electron chi connectivity index (χ3n) is 3.20. The Morgan fingerprint density at radius 1 is 1.15 bits per heavy atom. The third kappa shape index (κ3) is 4.32. The summed E-state index contributed by atoms with van der Waals surface area (Å²) >= 11 is 3.19. The lowest BCUT2D eigenvalue weighted by Gasteiger charge is -2.18. The maximum absolute atomic E-state index is 13.2. The summed E-state index contributed by atoms with van der Waals surface area (Å²) in [5.41, 5.74) is 7.98. The van der Waals surface area contributed by atoms with E-state index in [2.05, 4.69) is 33.4 Å². The van der Waals surface area contributed by atoms with E-state index >= 15 is 0 Å². The van der Waals surface area contributed by atoms with Gasteiger partial charge in [0.25, 0.3) is 0 Å². The number of halogens is 2. The number of hydrogen-bond donors (Lipinski definition) is 2. The molecule has 0 spiro atoms. The zero-order valence-electron chi connectivity index (χ0n) is 11.2. The van der Waals surface area contributed by atoms with Crippen molar-refractivity contribution in [2.45, 2.75) is 18.9 Å². The number of nitrogens with two attached hydrogens (primary N) is 1. The zero-order valence-corrected chi connectivity index (χ0v) is 12.7. The summed E-state index contributed by atoms with van der Waals surface area (Å²) in [7, 11) is 0. The summed E-state index contributed by atoms with van der Waals surface area (Å²) in [4.78, 5) is 0. The van der Waals surface area contributed by atoms with Crippen LogP contribution < -0.4 is 11.1 Å². The van der Waals surface area contributed by atoms with E-state index in [9.17, 15) is 4.39 Å². The highest BCUT2D eigenvalue weighted by molar-refractivity contribution is 9.10. The Labute approximate surface area is 127 Å². The van der Waals surface area contributed by atoms with Crippen LogP contribution in [0, 0.1) is 5.82 Å². The Morgan fingerprint density at radius 3 is 2.55 bits per heavy atom. The van der Waals surface area contributed by atoms with Crippen LogP contribution in [-0.4, -0.2) is 12.6 Å². The third-order valence-corrected chi connectivity index (χ3v) is 3.81. The van der Waals surface area contributed by atoms with Crippen LogP contribution in [-0.2, 0) is 6.42 Å². The van der Waals surface area contributed by atoms with Crippen LogP contribution in [0.1, 0.15) is 12.0 Å². The van der Waals surface area contributed by atoms with Gasteiger partial charge < -0.3 is 11.1 Å². The fourth-order valence-corrected chi connectivity index (χ4v) is 2.43. The second kappa shape index (κ2) is 7.41. The largest absolute Gasteiger partial charge is 0.381 e. The topological polar surface area (TPSA) is 38.0 Å². The summed E-state index contributed by atoms with van der Waals surface area (Å²) in [6.45, 7) is 0.543. The van der Waals surface area contributed by atoms with Crippen molar-refractivity contribution in [3.63, 3.8) is 0 Å². The van der Waals surface area contributed by atoms with Crippen LogP contribution in [0.4, 0.5) is 10.1 Å². The summed E-state index contributed by atoms with van der Waals surface area (Å²) in [6.07, 6.45) is 1.91. The van der Waals surface area contributed by atoms with Gasteiger partial charge in [-0.2, -0.15) is 0 Å². The van der Waals surface area contributed by atoms with Crippen LogP contribution in [0.3, 0.4) is 0 Å². The van der Waals surface area contributed by atoms with Crippen molar-refractivity contribution >= 4 is 21.6 Å². The first-order valence-corrected chi connectivity index (χ1v) is 7.44. The molecular weight excluding hydrogens is 319 g/mol. The molecule has 0 aliphatic rings. The highest BCUT2D eigenvalue weighted by Crippen LogP contribution is 2.21. The molecule has 0 heterocycles. The number of anilines is 1.